The molecule has 0 aliphatic heterocycles. The Kier molecular flexibility index (Phi) is 5.85. The van der Waals surface area contributed by atoms with E-state index in [0.717, 1.165) is 44.9 Å². The third-order valence-corrected chi connectivity index (χ3v) is 10.3. The summed E-state index contributed by atoms with van der Waals surface area (Å²) in [4.78, 5) is 25.4. The van der Waals surface area contributed by atoms with Crippen molar-refractivity contribution in [2.75, 3.05) is 7.11 Å². The molecule has 170 valence electrons. The normalized spacial score (nSPS) is 49.0. The van der Waals surface area contributed by atoms with Crippen molar-refractivity contribution in [2.24, 2.45) is 46.3 Å². The molecule has 0 aromatic heterocycles. The van der Waals surface area contributed by atoms with Gasteiger partial charge in [0.05, 0.1) is 19.3 Å². The standard InChI is InChI=1S/C25H40O5/c1-14(5-8-22(29)30-4)17-6-7-18-23-19(13-21(28)25(17,18)3)24(2)10-9-16(26)11-15(24)12-20(23)27/h14-20,23,26-27H,5-13H2,1-4H3/t14-,15-,16+,17-,18+,19+,20-,23+,24+,25-/m1/s1. The molecule has 4 saturated carbocycles. The number of ketones is 1. The summed E-state index contributed by atoms with van der Waals surface area (Å²) in [5, 5.41) is 21.5. The summed E-state index contributed by atoms with van der Waals surface area (Å²) in [5.74, 6) is 1.70. The maximum Gasteiger partial charge on any atom is 0.305 e. The molecule has 0 heterocycles. The van der Waals surface area contributed by atoms with Gasteiger partial charge < -0.3 is 14.9 Å². The Bertz CT molecular complexity index is 691. The number of ether oxygens (including phenoxy) is 1. The van der Waals surface area contributed by atoms with Gasteiger partial charge in [-0.3, -0.25) is 9.59 Å². The fourth-order valence-electron chi connectivity index (χ4n) is 8.51. The fraction of sp³-hybridized carbons (Fsp3) is 0.920. The SMILES string of the molecule is COC(=O)CC[C@@H](C)[C@H]1CC[C@H]2[C@@H]3[C@H](O)C[C@H]4C[C@@H](O)CC[C@]4(C)[C@H]3CC(=O)[C@]12C. The highest BCUT2D eigenvalue weighted by atomic mass is 16.5. The molecule has 0 unspecified atom stereocenters. The number of aliphatic hydroxyl groups excluding tert-OH is 2. The van der Waals surface area contributed by atoms with Gasteiger partial charge in [0.25, 0.3) is 0 Å². The molecule has 10 atom stereocenters. The number of hydrogen-bond donors (Lipinski definition) is 2. The second-order valence-electron chi connectivity index (χ2n) is 11.4. The quantitative estimate of drug-likeness (QED) is 0.677. The number of carbonyl (C=O) groups excluding carboxylic acids is 2. The van der Waals surface area contributed by atoms with Crippen LogP contribution in [0.15, 0.2) is 0 Å². The van der Waals surface area contributed by atoms with E-state index in [1.807, 2.05) is 0 Å². The van der Waals surface area contributed by atoms with Crippen molar-refractivity contribution < 1.29 is 24.5 Å². The Morgan fingerprint density at radius 2 is 1.90 bits per heavy atom. The number of aliphatic hydroxyl groups is 2. The second-order valence-corrected chi connectivity index (χ2v) is 11.4. The van der Waals surface area contributed by atoms with Crippen molar-refractivity contribution in [3.8, 4) is 0 Å². The lowest BCUT2D eigenvalue weighted by molar-refractivity contribution is -0.181. The van der Waals surface area contributed by atoms with Crippen molar-refractivity contribution in [2.45, 2.75) is 90.8 Å². The molecule has 4 fully saturated rings. The molecule has 4 aliphatic carbocycles. The van der Waals surface area contributed by atoms with E-state index < -0.39 is 5.41 Å². The molecule has 0 aromatic carbocycles. The first kappa shape index (κ1) is 22.3. The van der Waals surface area contributed by atoms with Gasteiger partial charge in [0, 0.05) is 18.3 Å². The number of carbonyl (C=O) groups is 2. The first-order valence-electron chi connectivity index (χ1n) is 12.1. The number of methoxy groups -OCH3 is 1. The van der Waals surface area contributed by atoms with E-state index in [1.54, 1.807) is 0 Å². The van der Waals surface area contributed by atoms with Crippen LogP contribution in [0.4, 0.5) is 0 Å². The molecule has 0 spiro atoms. The average molecular weight is 421 g/mol. The highest BCUT2D eigenvalue weighted by Crippen LogP contribution is 2.67. The molecule has 0 bridgehead atoms. The van der Waals surface area contributed by atoms with Crippen LogP contribution in [-0.4, -0.2) is 41.3 Å². The smallest absolute Gasteiger partial charge is 0.305 e. The largest absolute Gasteiger partial charge is 0.469 e. The zero-order valence-electron chi connectivity index (χ0n) is 19.1. The summed E-state index contributed by atoms with van der Waals surface area (Å²) in [6.07, 6.45) is 6.39. The van der Waals surface area contributed by atoms with Crippen molar-refractivity contribution in [1.29, 1.82) is 0 Å². The van der Waals surface area contributed by atoms with Gasteiger partial charge in [-0.05, 0) is 85.9 Å². The maximum atomic E-state index is 13.7. The van der Waals surface area contributed by atoms with E-state index in [4.69, 9.17) is 4.74 Å². The first-order chi connectivity index (χ1) is 14.1. The topological polar surface area (TPSA) is 83.8 Å². The molecule has 2 N–H and O–H groups in total. The van der Waals surface area contributed by atoms with Gasteiger partial charge in [-0.1, -0.05) is 20.8 Å². The zero-order chi connectivity index (χ0) is 21.8. The summed E-state index contributed by atoms with van der Waals surface area (Å²) in [6.45, 7) is 6.67. The highest BCUT2D eigenvalue weighted by Gasteiger charge is 2.65. The molecular weight excluding hydrogens is 380 g/mol. The average Bonchev–Trinajstić information content (AvgIpc) is 3.06. The zero-order valence-corrected chi connectivity index (χ0v) is 19.1. The van der Waals surface area contributed by atoms with Crippen molar-refractivity contribution in [3.05, 3.63) is 0 Å². The summed E-state index contributed by atoms with van der Waals surface area (Å²) in [6, 6.07) is 0. The van der Waals surface area contributed by atoms with Gasteiger partial charge in [0.15, 0.2) is 0 Å². The Morgan fingerprint density at radius 3 is 2.60 bits per heavy atom. The van der Waals surface area contributed by atoms with Gasteiger partial charge in [0.2, 0.25) is 0 Å². The van der Waals surface area contributed by atoms with E-state index in [2.05, 4.69) is 20.8 Å². The van der Waals surface area contributed by atoms with Crippen LogP contribution in [0.3, 0.4) is 0 Å². The maximum absolute atomic E-state index is 13.7. The lowest BCUT2D eigenvalue weighted by atomic mass is 9.43. The van der Waals surface area contributed by atoms with Gasteiger partial charge in [-0.25, -0.2) is 0 Å². The van der Waals surface area contributed by atoms with Crippen LogP contribution >= 0.6 is 0 Å². The van der Waals surface area contributed by atoms with E-state index >= 15 is 0 Å². The predicted octanol–water partition coefficient (Wildman–Crippen LogP) is 3.75. The van der Waals surface area contributed by atoms with E-state index in [1.165, 1.54) is 7.11 Å². The van der Waals surface area contributed by atoms with Crippen molar-refractivity contribution in [1.82, 2.24) is 0 Å². The minimum atomic E-state index is -0.394. The Balaban J connectivity index is 1.59. The molecule has 0 radical (unpaired) electrons. The van der Waals surface area contributed by atoms with Crippen LogP contribution in [0.1, 0.15) is 78.6 Å². The van der Waals surface area contributed by atoms with Crippen LogP contribution in [0, 0.1) is 46.3 Å². The van der Waals surface area contributed by atoms with Gasteiger partial charge in [-0.15, -0.1) is 0 Å². The minimum absolute atomic E-state index is 0.0503. The van der Waals surface area contributed by atoms with Gasteiger partial charge in [-0.2, -0.15) is 0 Å². The van der Waals surface area contributed by atoms with Gasteiger partial charge >= 0.3 is 5.97 Å². The number of esters is 1. The summed E-state index contributed by atoms with van der Waals surface area (Å²) >= 11 is 0. The van der Waals surface area contributed by atoms with E-state index in [-0.39, 0.29) is 53.2 Å². The summed E-state index contributed by atoms with van der Waals surface area (Å²) in [5.41, 5.74) is -0.343. The Morgan fingerprint density at radius 1 is 1.17 bits per heavy atom. The number of rotatable bonds is 4. The monoisotopic (exact) mass is 420 g/mol. The second kappa shape index (κ2) is 7.88. The summed E-state index contributed by atoms with van der Waals surface area (Å²) < 4.78 is 4.81. The first-order valence-corrected chi connectivity index (χ1v) is 12.1. The molecule has 30 heavy (non-hydrogen) atoms. The minimum Gasteiger partial charge on any atom is -0.469 e. The third-order valence-electron chi connectivity index (χ3n) is 10.3. The molecule has 0 aromatic rings. The highest BCUT2D eigenvalue weighted by molar-refractivity contribution is 5.87. The molecule has 5 heteroatoms. The van der Waals surface area contributed by atoms with Crippen LogP contribution in [-0.2, 0) is 14.3 Å². The lowest BCUT2D eigenvalue weighted by Gasteiger charge is -2.61. The predicted molar refractivity (Wildman–Crippen MR) is 113 cm³/mol. The number of fused-ring (bicyclic) bond motifs is 5. The fourth-order valence-corrected chi connectivity index (χ4v) is 8.51. The van der Waals surface area contributed by atoms with Crippen molar-refractivity contribution >= 4 is 11.8 Å². The van der Waals surface area contributed by atoms with E-state index in [0.29, 0.717) is 24.5 Å². The van der Waals surface area contributed by atoms with Crippen LogP contribution < -0.4 is 0 Å². The van der Waals surface area contributed by atoms with Crippen molar-refractivity contribution in [3.63, 3.8) is 0 Å². The van der Waals surface area contributed by atoms with Crippen LogP contribution in [0.25, 0.3) is 0 Å². The summed E-state index contributed by atoms with van der Waals surface area (Å²) in [7, 11) is 1.42. The Labute approximate surface area is 180 Å². The third kappa shape index (κ3) is 3.26. The van der Waals surface area contributed by atoms with Gasteiger partial charge in [0.1, 0.15) is 5.78 Å². The Hall–Kier alpha value is -0.940. The molecule has 4 aliphatic rings. The number of hydrogen-bond acceptors (Lipinski definition) is 5. The lowest BCUT2D eigenvalue weighted by Crippen LogP contribution is -2.61. The number of Topliss-reactive ketones (excluding diaryl/α,β-unsaturated/α-hetero) is 1. The molecule has 0 amide bonds. The molecule has 0 saturated heterocycles. The van der Waals surface area contributed by atoms with Crippen LogP contribution in [0.5, 0.6) is 0 Å². The molecule has 4 rings (SSSR count). The van der Waals surface area contributed by atoms with Crippen LogP contribution in [0.2, 0.25) is 0 Å². The molecular formula is C25H40O5. The van der Waals surface area contributed by atoms with E-state index in [9.17, 15) is 19.8 Å². The molecule has 5 nitrogen and oxygen atoms in total.